The molecule has 36 heavy (non-hydrogen) atoms. The lowest BCUT2D eigenvalue weighted by atomic mass is 10.0. The second-order valence-electron chi connectivity index (χ2n) is 8.75. The molecule has 12 heteroatoms. The average molecular weight is 542 g/mol. The van der Waals surface area contributed by atoms with Crippen molar-refractivity contribution in [3.8, 4) is 5.75 Å². The van der Waals surface area contributed by atoms with Crippen LogP contribution in [0.1, 0.15) is 30.0 Å². The first-order valence-electron chi connectivity index (χ1n) is 11.4. The minimum atomic E-state index is -3.67. The number of hydrogen-bond donors (Lipinski definition) is 2. The van der Waals surface area contributed by atoms with Gasteiger partial charge >= 0.3 is 0 Å². The molecule has 2 aromatic carbocycles. The van der Waals surface area contributed by atoms with Crippen LogP contribution in [0, 0.1) is 0 Å². The summed E-state index contributed by atoms with van der Waals surface area (Å²) >= 11 is 0. The van der Waals surface area contributed by atoms with E-state index in [0.29, 0.717) is 17.5 Å². The van der Waals surface area contributed by atoms with Crippen molar-refractivity contribution in [2.45, 2.75) is 25.3 Å². The van der Waals surface area contributed by atoms with Crippen molar-refractivity contribution in [1.82, 2.24) is 9.80 Å². The van der Waals surface area contributed by atoms with Gasteiger partial charge in [-0.15, -0.1) is 0 Å². The second-order valence-corrected chi connectivity index (χ2v) is 12.0. The number of carbonyl (C=O) groups is 1. The van der Waals surface area contributed by atoms with Crippen LogP contribution in [0.3, 0.4) is 0 Å². The van der Waals surface area contributed by atoms with Crippen LogP contribution in [0.4, 0.5) is 5.69 Å². The summed E-state index contributed by atoms with van der Waals surface area (Å²) in [5, 5.41) is 0. The second kappa shape index (κ2) is 13.0. The van der Waals surface area contributed by atoms with E-state index in [1.54, 1.807) is 36.3 Å². The molecule has 1 amide bonds. The molecule has 200 valence electrons. The van der Waals surface area contributed by atoms with E-state index < -0.39 is 20.1 Å². The Bertz CT molecular complexity index is 1220. The maximum atomic E-state index is 13.3. The first kappa shape index (κ1) is 29.6. The van der Waals surface area contributed by atoms with E-state index in [9.17, 15) is 21.6 Å². The maximum Gasteiger partial charge on any atom is 0.261 e. The van der Waals surface area contributed by atoms with Crippen molar-refractivity contribution in [1.29, 1.82) is 0 Å². The highest BCUT2D eigenvalue weighted by atomic mass is 32.2. The lowest BCUT2D eigenvalue weighted by molar-refractivity contribution is -0.131. The Hall–Kier alpha value is -2.67. The van der Waals surface area contributed by atoms with E-state index in [-0.39, 0.29) is 18.4 Å². The van der Waals surface area contributed by atoms with E-state index in [1.807, 2.05) is 31.3 Å². The number of rotatable bonds is 9. The summed E-state index contributed by atoms with van der Waals surface area (Å²) in [6, 6.07) is 14.7. The summed E-state index contributed by atoms with van der Waals surface area (Å²) in [5.74, 6) is 0.683. The minimum Gasteiger partial charge on any atom is -0.497 e. The van der Waals surface area contributed by atoms with Gasteiger partial charge in [0, 0.05) is 13.6 Å². The van der Waals surface area contributed by atoms with Crippen molar-refractivity contribution in [3.63, 3.8) is 0 Å². The first-order chi connectivity index (χ1) is 16.8. The van der Waals surface area contributed by atoms with Gasteiger partial charge in [-0.05, 0) is 55.3 Å². The number of anilines is 1. The average Bonchev–Trinajstić information content (AvgIpc) is 3.29. The molecule has 1 aliphatic rings. The van der Waals surface area contributed by atoms with Crippen LogP contribution in [0.5, 0.6) is 5.75 Å². The highest BCUT2D eigenvalue weighted by molar-refractivity contribution is 7.92. The number of benzene rings is 2. The normalized spacial score (nSPS) is 14.9. The molecular formula is C24H35N3O7S2. The highest BCUT2D eigenvalue weighted by Gasteiger charge is 2.26. The maximum absolute atomic E-state index is 13.3. The standard InChI is InChI=1S/C23H31N3O4S.CH4O3S/c1-25(23(27)16-18-9-4-5-12-21(18)24-31(3,28)29)22(17-26-13-6-7-14-26)19-10-8-11-20(15-19)30-2;1-5(2,3)4/h4-5,8-12,15,22,24H,6-7,13-14,16-17H2,1-3H3;1H3,(H,2,3,4)/t22-;/m0./s1. The molecule has 1 fully saturated rings. The number of ether oxygens (including phenoxy) is 1. The van der Waals surface area contributed by atoms with Gasteiger partial charge in [-0.3, -0.25) is 14.1 Å². The molecule has 0 aliphatic carbocycles. The summed E-state index contributed by atoms with van der Waals surface area (Å²) in [7, 11) is -3.65. The number of carbonyl (C=O) groups excluding carboxylic acids is 1. The topological polar surface area (TPSA) is 133 Å². The smallest absolute Gasteiger partial charge is 0.261 e. The predicted molar refractivity (Wildman–Crippen MR) is 140 cm³/mol. The zero-order chi connectivity index (χ0) is 26.9. The van der Waals surface area contributed by atoms with Crippen LogP contribution in [0.15, 0.2) is 48.5 Å². The zero-order valence-electron chi connectivity index (χ0n) is 21.0. The monoisotopic (exact) mass is 541 g/mol. The van der Waals surface area contributed by atoms with Crippen molar-refractivity contribution < 1.29 is 30.9 Å². The molecule has 1 atom stereocenters. The van der Waals surface area contributed by atoms with Crippen LogP contribution in [-0.2, 0) is 31.4 Å². The summed E-state index contributed by atoms with van der Waals surface area (Å²) < 4.78 is 57.2. The molecule has 3 rings (SSSR count). The van der Waals surface area contributed by atoms with Gasteiger partial charge in [0.05, 0.1) is 37.8 Å². The molecule has 2 aromatic rings. The van der Waals surface area contributed by atoms with Crippen molar-refractivity contribution >= 4 is 31.7 Å². The zero-order valence-corrected chi connectivity index (χ0v) is 22.7. The van der Waals surface area contributed by atoms with Crippen molar-refractivity contribution in [2.24, 2.45) is 0 Å². The van der Waals surface area contributed by atoms with Crippen LogP contribution in [0.2, 0.25) is 0 Å². The molecule has 0 aromatic heterocycles. The van der Waals surface area contributed by atoms with Gasteiger partial charge in [0.25, 0.3) is 10.1 Å². The van der Waals surface area contributed by atoms with E-state index in [4.69, 9.17) is 9.29 Å². The number of nitrogens with zero attached hydrogens (tertiary/aromatic N) is 2. The molecule has 0 spiro atoms. The Kier molecular flexibility index (Phi) is 10.7. The molecule has 0 radical (unpaired) electrons. The fraction of sp³-hybridized carbons (Fsp3) is 0.458. The molecule has 1 heterocycles. The van der Waals surface area contributed by atoms with Gasteiger partial charge in [0.1, 0.15) is 5.75 Å². The minimum absolute atomic E-state index is 0.0743. The fourth-order valence-corrected chi connectivity index (χ4v) is 4.54. The van der Waals surface area contributed by atoms with E-state index in [0.717, 1.165) is 37.2 Å². The highest BCUT2D eigenvalue weighted by Crippen LogP contribution is 2.27. The van der Waals surface area contributed by atoms with E-state index in [1.165, 1.54) is 12.8 Å². The van der Waals surface area contributed by atoms with Gasteiger partial charge < -0.3 is 14.5 Å². The van der Waals surface area contributed by atoms with Gasteiger partial charge in [0.2, 0.25) is 15.9 Å². The number of nitrogens with one attached hydrogen (secondary N) is 1. The van der Waals surface area contributed by atoms with Gasteiger partial charge in [-0.2, -0.15) is 8.42 Å². The third kappa shape index (κ3) is 10.5. The summed E-state index contributed by atoms with van der Waals surface area (Å²) in [4.78, 5) is 17.4. The number of sulfonamides is 1. The first-order valence-corrected chi connectivity index (χ1v) is 15.1. The molecular weight excluding hydrogens is 506 g/mol. The predicted octanol–water partition coefficient (Wildman–Crippen LogP) is 2.41. The van der Waals surface area contributed by atoms with Crippen LogP contribution in [-0.4, -0.2) is 83.4 Å². The molecule has 0 unspecified atom stereocenters. The Morgan fingerprint density at radius 1 is 1.08 bits per heavy atom. The number of para-hydroxylation sites is 1. The number of likely N-dealkylation sites (N-methyl/N-ethyl adjacent to an activating group) is 1. The Morgan fingerprint density at radius 3 is 2.28 bits per heavy atom. The van der Waals surface area contributed by atoms with Crippen LogP contribution in [0.25, 0.3) is 0 Å². The SMILES string of the molecule is COc1cccc([C@H](CN2CCCC2)N(C)C(=O)Cc2ccccc2NS(C)(=O)=O)c1.CS(=O)(=O)O. The van der Waals surface area contributed by atoms with Gasteiger partial charge in [0.15, 0.2) is 0 Å². The van der Waals surface area contributed by atoms with Gasteiger partial charge in [-0.25, -0.2) is 8.42 Å². The third-order valence-electron chi connectivity index (χ3n) is 5.62. The molecule has 1 aliphatic heterocycles. The molecule has 0 saturated carbocycles. The molecule has 0 bridgehead atoms. The number of methoxy groups -OCH3 is 1. The fourth-order valence-electron chi connectivity index (χ4n) is 3.95. The molecule has 2 N–H and O–H groups in total. The van der Waals surface area contributed by atoms with E-state index >= 15 is 0 Å². The number of amides is 1. The quantitative estimate of drug-likeness (QED) is 0.463. The number of hydrogen-bond acceptors (Lipinski definition) is 7. The number of likely N-dealkylation sites (tertiary alicyclic amines) is 1. The summed E-state index contributed by atoms with van der Waals surface area (Å²) in [6.45, 7) is 2.81. The van der Waals surface area contributed by atoms with Crippen molar-refractivity contribution in [3.05, 3.63) is 59.7 Å². The van der Waals surface area contributed by atoms with Crippen LogP contribution < -0.4 is 9.46 Å². The van der Waals surface area contributed by atoms with Gasteiger partial charge in [-0.1, -0.05) is 30.3 Å². The van der Waals surface area contributed by atoms with Crippen molar-refractivity contribution in [2.75, 3.05) is 51.0 Å². The lowest BCUT2D eigenvalue weighted by Gasteiger charge is -2.32. The lowest BCUT2D eigenvalue weighted by Crippen LogP contribution is -2.39. The Morgan fingerprint density at radius 2 is 1.69 bits per heavy atom. The molecule has 10 nitrogen and oxygen atoms in total. The summed E-state index contributed by atoms with van der Waals surface area (Å²) in [6.07, 6.45) is 4.27. The Balaban J connectivity index is 0.000000830. The molecule has 1 saturated heterocycles. The van der Waals surface area contributed by atoms with Crippen LogP contribution >= 0.6 is 0 Å². The third-order valence-corrected chi connectivity index (χ3v) is 6.21. The largest absolute Gasteiger partial charge is 0.497 e. The Labute approximate surface area is 214 Å². The van der Waals surface area contributed by atoms with E-state index in [2.05, 4.69) is 9.62 Å². The summed E-state index contributed by atoms with van der Waals surface area (Å²) in [5.41, 5.74) is 2.10.